The number of amides is 1. The van der Waals surface area contributed by atoms with Crippen LogP contribution in [-0.4, -0.2) is 70.3 Å². The predicted molar refractivity (Wildman–Crippen MR) is 177 cm³/mol. The maximum atomic E-state index is 13.9. The van der Waals surface area contributed by atoms with Gasteiger partial charge in [0.25, 0.3) is 5.91 Å². The van der Waals surface area contributed by atoms with Crippen LogP contribution in [0.25, 0.3) is 17.2 Å². The first-order valence-electron chi connectivity index (χ1n) is 15.5. The van der Waals surface area contributed by atoms with Crippen LogP contribution in [0.3, 0.4) is 0 Å². The summed E-state index contributed by atoms with van der Waals surface area (Å²) in [5.74, 6) is -1.49. The van der Waals surface area contributed by atoms with Crippen molar-refractivity contribution in [3.63, 3.8) is 0 Å². The van der Waals surface area contributed by atoms with E-state index in [-0.39, 0.29) is 46.0 Å². The normalized spacial score (nSPS) is 13.0. The Labute approximate surface area is 278 Å². The number of carbonyl (C=O) groups is 4. The number of nitrogens with zero attached hydrogens (tertiary/aromatic N) is 1. The van der Waals surface area contributed by atoms with Crippen molar-refractivity contribution in [3.05, 3.63) is 94.3 Å². The van der Waals surface area contributed by atoms with Gasteiger partial charge in [0.2, 0.25) is 6.29 Å². The number of benzene rings is 2. The van der Waals surface area contributed by atoms with Crippen LogP contribution in [0.15, 0.2) is 55.1 Å². The number of aliphatic hydroxyl groups excluding tert-OH is 2. The highest BCUT2D eigenvalue weighted by Gasteiger charge is 2.27. The van der Waals surface area contributed by atoms with E-state index in [4.69, 9.17) is 19.6 Å². The first-order valence-corrected chi connectivity index (χ1v) is 15.5. The summed E-state index contributed by atoms with van der Waals surface area (Å²) < 4.78 is 15.4. The molecule has 4 N–H and O–H groups in total. The molecule has 1 aliphatic rings. The molecule has 1 aliphatic carbocycles. The fraction of sp³-hybridized carbons (Fsp3) is 0.333. The lowest BCUT2D eigenvalue weighted by atomic mass is 9.89. The van der Waals surface area contributed by atoms with Crippen LogP contribution in [0, 0.1) is 11.3 Å². The molecule has 1 aromatic heterocycles. The van der Waals surface area contributed by atoms with Gasteiger partial charge in [0.05, 0.1) is 25.0 Å². The predicted octanol–water partition coefficient (Wildman–Crippen LogP) is 4.87. The van der Waals surface area contributed by atoms with E-state index in [9.17, 15) is 29.4 Å². The van der Waals surface area contributed by atoms with E-state index in [0.717, 1.165) is 12.8 Å². The van der Waals surface area contributed by atoms with Gasteiger partial charge >= 0.3 is 12.1 Å². The molecule has 12 heteroatoms. The fourth-order valence-electron chi connectivity index (χ4n) is 4.83. The van der Waals surface area contributed by atoms with Gasteiger partial charge in [-0.15, -0.1) is 0 Å². The molecule has 12 nitrogen and oxygen atoms in total. The number of aliphatic hydroxyl groups is 2. The number of rotatable bonds is 15. The van der Waals surface area contributed by atoms with Crippen LogP contribution in [0.4, 0.5) is 4.79 Å². The minimum atomic E-state index is -1.39. The topological polar surface area (TPSA) is 185 Å². The zero-order valence-electron chi connectivity index (χ0n) is 27.1. The number of hydrogen-bond acceptors (Lipinski definition) is 11. The molecule has 0 saturated heterocycles. The lowest BCUT2D eigenvalue weighted by Gasteiger charge is -2.18. The van der Waals surface area contributed by atoms with E-state index in [0.29, 0.717) is 34.7 Å². The van der Waals surface area contributed by atoms with Crippen LogP contribution in [0.5, 0.6) is 0 Å². The number of pyridine rings is 1. The number of hydrogen-bond donors (Lipinski definition) is 4. The van der Waals surface area contributed by atoms with E-state index < -0.39 is 43.6 Å². The molecule has 48 heavy (non-hydrogen) atoms. The van der Waals surface area contributed by atoms with Crippen molar-refractivity contribution >= 4 is 35.6 Å². The minimum absolute atomic E-state index is 0.0403. The van der Waals surface area contributed by atoms with E-state index in [1.807, 2.05) is 0 Å². The van der Waals surface area contributed by atoms with Crippen molar-refractivity contribution in [3.8, 4) is 11.1 Å². The number of Topliss-reactive ketones (excluding diaryl/α,β-unsaturated/α-hetero) is 1. The molecule has 3 aromatic rings. The lowest BCUT2D eigenvalue weighted by Crippen LogP contribution is -2.28. The van der Waals surface area contributed by atoms with Crippen LogP contribution in [-0.2, 0) is 27.2 Å². The largest absolute Gasteiger partial charge is 0.511 e. The van der Waals surface area contributed by atoms with E-state index in [1.165, 1.54) is 25.1 Å². The Morgan fingerprint density at radius 2 is 1.71 bits per heavy atom. The Morgan fingerprint density at radius 1 is 1.00 bits per heavy atom. The lowest BCUT2D eigenvalue weighted by molar-refractivity contribution is -0.0868. The van der Waals surface area contributed by atoms with Crippen molar-refractivity contribution in [2.75, 3.05) is 13.2 Å². The number of ketones is 1. The van der Waals surface area contributed by atoms with Gasteiger partial charge < -0.3 is 35.1 Å². The average Bonchev–Trinajstić information content (AvgIpc) is 3.90. The molecule has 0 radical (unpaired) electrons. The molecule has 1 unspecified atom stereocenters. The van der Waals surface area contributed by atoms with Gasteiger partial charge in [-0.2, -0.15) is 0 Å². The third-order valence-electron chi connectivity index (χ3n) is 7.52. The molecule has 4 rings (SSSR count). The van der Waals surface area contributed by atoms with Gasteiger partial charge in [-0.1, -0.05) is 36.9 Å². The molecule has 0 bridgehead atoms. The molecule has 1 heterocycles. The zero-order chi connectivity index (χ0) is 35.0. The molecule has 1 fully saturated rings. The Hall–Kier alpha value is -5.20. The third-order valence-corrected chi connectivity index (χ3v) is 7.52. The monoisotopic (exact) mass is 657 g/mol. The molecule has 2 aromatic carbocycles. The first kappa shape index (κ1) is 35.7. The smallest absolute Gasteiger partial charge is 0.431 e. The van der Waals surface area contributed by atoms with Crippen molar-refractivity contribution in [1.82, 2.24) is 10.3 Å². The van der Waals surface area contributed by atoms with E-state index in [2.05, 4.69) is 16.9 Å². The van der Waals surface area contributed by atoms with Crippen molar-refractivity contribution in [2.24, 2.45) is 5.92 Å². The molecule has 1 saturated carbocycles. The minimum Gasteiger partial charge on any atom is -0.431 e. The van der Waals surface area contributed by atoms with Crippen LogP contribution < -0.4 is 5.32 Å². The third kappa shape index (κ3) is 9.20. The van der Waals surface area contributed by atoms with Crippen LogP contribution >= 0.6 is 0 Å². The van der Waals surface area contributed by atoms with Gasteiger partial charge in [-0.3, -0.25) is 9.59 Å². The summed E-state index contributed by atoms with van der Waals surface area (Å²) in [6.07, 6.45) is 0.558. The molecular weight excluding hydrogens is 618 g/mol. The van der Waals surface area contributed by atoms with Gasteiger partial charge in [0.1, 0.15) is 5.69 Å². The fourth-order valence-corrected chi connectivity index (χ4v) is 4.83. The van der Waals surface area contributed by atoms with Gasteiger partial charge in [0, 0.05) is 31.0 Å². The van der Waals surface area contributed by atoms with Crippen molar-refractivity contribution in [2.45, 2.75) is 59.0 Å². The van der Waals surface area contributed by atoms with E-state index in [1.54, 1.807) is 50.2 Å². The zero-order valence-corrected chi connectivity index (χ0v) is 27.1. The summed E-state index contributed by atoms with van der Waals surface area (Å²) in [6, 6.07) is 12.6. The first-order chi connectivity index (χ1) is 22.9. The maximum Gasteiger partial charge on any atom is 0.511 e. The van der Waals surface area contributed by atoms with Crippen LogP contribution in [0.1, 0.15) is 87.2 Å². The second-order valence-corrected chi connectivity index (χ2v) is 11.6. The standard InChI is InChI=1S/C36H39N3O9/c1-5-24-15-29(32(42)14-22-8-10-25(11-9-22)30(37)19-41)28(16-26(24)18-40)27-12-13-31(34(43)38-17-23-6-7-23)39-33(27)35(44)47-21(4)48-36(45)46-20(2)3/h5,8-13,15-16,20-21,23,37,40-41H,1,6-7,14,17-19H2,2-4H3,(H,38,43). The number of esters is 1. The van der Waals surface area contributed by atoms with Crippen molar-refractivity contribution < 1.29 is 43.6 Å². The Balaban J connectivity index is 1.76. The number of carbonyl (C=O) groups excluding carboxylic acids is 4. The second kappa shape index (κ2) is 16.1. The highest BCUT2D eigenvalue weighted by atomic mass is 16.8. The van der Waals surface area contributed by atoms with E-state index >= 15 is 0 Å². The molecule has 1 amide bonds. The Bertz CT molecular complexity index is 1710. The summed E-state index contributed by atoms with van der Waals surface area (Å²) in [7, 11) is 0. The average molecular weight is 658 g/mol. The summed E-state index contributed by atoms with van der Waals surface area (Å²) in [4.78, 5) is 56.9. The quantitative estimate of drug-likeness (QED) is 0.0760. The molecule has 0 aliphatic heterocycles. The number of aromatic nitrogens is 1. The molecular formula is C36H39N3O9. The number of ether oxygens (including phenoxy) is 3. The van der Waals surface area contributed by atoms with Gasteiger partial charge in [-0.25, -0.2) is 14.6 Å². The summed E-state index contributed by atoms with van der Waals surface area (Å²) in [5, 5.41) is 30.1. The molecule has 1 atom stereocenters. The highest BCUT2D eigenvalue weighted by Crippen LogP contribution is 2.32. The van der Waals surface area contributed by atoms with Crippen molar-refractivity contribution in [1.29, 1.82) is 5.41 Å². The summed E-state index contributed by atoms with van der Waals surface area (Å²) in [6.45, 7) is 8.01. The van der Waals surface area contributed by atoms with Gasteiger partial charge in [0.15, 0.2) is 11.5 Å². The van der Waals surface area contributed by atoms with Gasteiger partial charge in [-0.05, 0) is 84.7 Å². The highest BCUT2D eigenvalue weighted by molar-refractivity contribution is 6.07. The molecule has 0 spiro atoms. The number of nitrogens with one attached hydrogen (secondary N) is 2. The molecule has 252 valence electrons. The van der Waals surface area contributed by atoms with Crippen LogP contribution in [0.2, 0.25) is 0 Å². The Kier molecular flexibility index (Phi) is 11.9. The second-order valence-electron chi connectivity index (χ2n) is 11.6. The SMILES string of the molecule is C=Cc1cc(C(=O)Cc2ccc(C(=N)CO)cc2)c(-c2ccc(C(=O)NCC3CC3)nc2C(=O)OC(C)OC(=O)OC(C)C)cc1CO. The maximum absolute atomic E-state index is 13.9. The summed E-state index contributed by atoms with van der Waals surface area (Å²) in [5.41, 5.74) is 2.27. The summed E-state index contributed by atoms with van der Waals surface area (Å²) >= 11 is 0. The Morgan fingerprint density at radius 3 is 2.31 bits per heavy atom.